The maximum atomic E-state index is 12.9. The summed E-state index contributed by atoms with van der Waals surface area (Å²) in [7, 11) is -1.29. The molecule has 0 saturated heterocycles. The molecular formula is C21H18O2S. The van der Waals surface area contributed by atoms with Gasteiger partial charge in [0.2, 0.25) is 0 Å². The molecule has 0 aromatic heterocycles. The van der Waals surface area contributed by atoms with E-state index in [4.69, 9.17) is 0 Å². The van der Waals surface area contributed by atoms with Crippen molar-refractivity contribution in [1.29, 1.82) is 0 Å². The Hall–Kier alpha value is -2.52. The number of carbonyl (C=O) groups is 1. The number of hydrogen-bond donors (Lipinski definition) is 0. The van der Waals surface area contributed by atoms with Crippen LogP contribution in [-0.2, 0) is 17.2 Å². The largest absolute Gasteiger partial charge is 0.294 e. The van der Waals surface area contributed by atoms with Crippen molar-refractivity contribution in [3.63, 3.8) is 0 Å². The van der Waals surface area contributed by atoms with Crippen LogP contribution in [-0.4, -0.2) is 9.99 Å². The maximum absolute atomic E-state index is 12.9. The first-order chi connectivity index (χ1) is 11.6. The van der Waals surface area contributed by atoms with Crippen LogP contribution in [0.5, 0.6) is 0 Å². The monoisotopic (exact) mass is 334 g/mol. The van der Waals surface area contributed by atoms with E-state index in [2.05, 4.69) is 0 Å². The maximum Gasteiger partial charge on any atom is 0.167 e. The van der Waals surface area contributed by atoms with Crippen molar-refractivity contribution in [1.82, 2.24) is 0 Å². The van der Waals surface area contributed by atoms with Crippen LogP contribution in [0.25, 0.3) is 0 Å². The van der Waals surface area contributed by atoms with Gasteiger partial charge in [-0.3, -0.25) is 4.79 Å². The first-order valence-electron chi connectivity index (χ1n) is 7.80. The smallest absolute Gasteiger partial charge is 0.167 e. The highest BCUT2D eigenvalue weighted by Gasteiger charge is 2.15. The summed E-state index contributed by atoms with van der Waals surface area (Å²) in [6, 6.07) is 24.3. The molecule has 0 amide bonds. The second-order valence-corrected chi connectivity index (χ2v) is 7.10. The van der Waals surface area contributed by atoms with Gasteiger partial charge in [-0.05, 0) is 30.7 Å². The Morgan fingerprint density at radius 2 is 1.46 bits per heavy atom. The third-order valence-electron chi connectivity index (χ3n) is 3.85. The highest BCUT2D eigenvalue weighted by atomic mass is 32.2. The Labute approximate surface area is 144 Å². The van der Waals surface area contributed by atoms with Gasteiger partial charge in [0, 0.05) is 21.8 Å². The standard InChI is InChI=1S/C21H18O2S/c1-16-11-13-19(14-12-16)24(23)21-10-6-5-9-18(21)15-20(22)17-7-3-2-4-8-17/h2-14H,15H2,1H3/t24-/m0/s1. The molecule has 0 saturated carbocycles. The summed E-state index contributed by atoms with van der Waals surface area (Å²) in [6.45, 7) is 2.00. The molecule has 24 heavy (non-hydrogen) atoms. The van der Waals surface area contributed by atoms with Gasteiger partial charge in [-0.2, -0.15) is 0 Å². The van der Waals surface area contributed by atoms with Crippen LogP contribution in [0.3, 0.4) is 0 Å². The van der Waals surface area contributed by atoms with Gasteiger partial charge in [0.15, 0.2) is 5.78 Å². The summed E-state index contributed by atoms with van der Waals surface area (Å²) in [6.07, 6.45) is 0.248. The highest BCUT2D eigenvalue weighted by Crippen LogP contribution is 2.22. The third kappa shape index (κ3) is 3.69. The van der Waals surface area contributed by atoms with Crippen LogP contribution in [0, 0.1) is 6.92 Å². The Balaban J connectivity index is 1.89. The summed E-state index contributed by atoms with van der Waals surface area (Å²) in [5, 5.41) is 0. The Kier molecular flexibility index (Phi) is 5.02. The van der Waals surface area contributed by atoms with Crippen molar-refractivity contribution < 1.29 is 9.00 Å². The molecule has 3 heteroatoms. The van der Waals surface area contributed by atoms with Crippen LogP contribution in [0.1, 0.15) is 21.5 Å². The normalized spacial score (nSPS) is 11.9. The van der Waals surface area contributed by atoms with Gasteiger partial charge in [-0.15, -0.1) is 0 Å². The van der Waals surface area contributed by atoms with Crippen LogP contribution in [0.4, 0.5) is 0 Å². The molecule has 0 N–H and O–H groups in total. The third-order valence-corrected chi connectivity index (χ3v) is 5.35. The van der Waals surface area contributed by atoms with Crippen LogP contribution >= 0.6 is 0 Å². The van der Waals surface area contributed by atoms with E-state index in [0.717, 1.165) is 16.0 Å². The van der Waals surface area contributed by atoms with Crippen molar-refractivity contribution >= 4 is 16.6 Å². The second kappa shape index (κ2) is 7.37. The fourth-order valence-corrected chi connectivity index (χ4v) is 3.74. The summed E-state index contributed by atoms with van der Waals surface area (Å²) in [5.41, 5.74) is 2.61. The number of ketones is 1. The molecule has 0 heterocycles. The predicted molar refractivity (Wildman–Crippen MR) is 96.8 cm³/mol. The van der Waals surface area contributed by atoms with Crippen LogP contribution < -0.4 is 0 Å². The van der Waals surface area contributed by atoms with E-state index >= 15 is 0 Å². The zero-order valence-electron chi connectivity index (χ0n) is 13.4. The first kappa shape index (κ1) is 16.3. The van der Waals surface area contributed by atoms with Gasteiger partial charge < -0.3 is 0 Å². The van der Waals surface area contributed by atoms with E-state index in [1.54, 1.807) is 0 Å². The van der Waals surface area contributed by atoms with E-state index in [-0.39, 0.29) is 12.2 Å². The van der Waals surface area contributed by atoms with Crippen molar-refractivity contribution in [3.8, 4) is 0 Å². The second-order valence-electron chi connectivity index (χ2n) is 5.66. The Morgan fingerprint density at radius 1 is 0.833 bits per heavy atom. The zero-order valence-corrected chi connectivity index (χ0v) is 14.3. The molecule has 3 rings (SSSR count). The molecular weight excluding hydrogens is 316 g/mol. The van der Waals surface area contributed by atoms with Gasteiger partial charge in [-0.1, -0.05) is 66.2 Å². The predicted octanol–water partition coefficient (Wildman–Crippen LogP) is 4.59. The molecule has 0 bridgehead atoms. The molecule has 0 unspecified atom stereocenters. The quantitative estimate of drug-likeness (QED) is 0.640. The number of benzene rings is 3. The zero-order chi connectivity index (χ0) is 16.9. The van der Waals surface area contributed by atoms with Crippen LogP contribution in [0.15, 0.2) is 88.7 Å². The molecule has 0 aliphatic heterocycles. The minimum absolute atomic E-state index is 0.0314. The molecule has 2 nitrogen and oxygen atoms in total. The Bertz CT molecular complexity index is 868. The molecule has 0 spiro atoms. The lowest BCUT2D eigenvalue weighted by Crippen LogP contribution is -2.07. The molecule has 0 aliphatic carbocycles. The molecule has 1 atom stereocenters. The van der Waals surface area contributed by atoms with Gasteiger partial charge >= 0.3 is 0 Å². The van der Waals surface area contributed by atoms with Crippen LogP contribution in [0.2, 0.25) is 0 Å². The fraction of sp³-hybridized carbons (Fsp3) is 0.0952. The average Bonchev–Trinajstić information content (AvgIpc) is 2.63. The summed E-state index contributed by atoms with van der Waals surface area (Å²) >= 11 is 0. The molecule has 0 aliphatic rings. The fourth-order valence-electron chi connectivity index (χ4n) is 2.52. The summed E-state index contributed by atoms with van der Waals surface area (Å²) < 4.78 is 12.9. The van der Waals surface area contributed by atoms with Gasteiger partial charge in [0.1, 0.15) is 0 Å². The van der Waals surface area contributed by atoms with E-state index in [1.807, 2.05) is 85.8 Å². The minimum Gasteiger partial charge on any atom is -0.294 e. The Morgan fingerprint density at radius 3 is 2.17 bits per heavy atom. The first-order valence-corrected chi connectivity index (χ1v) is 8.95. The molecule has 3 aromatic rings. The lowest BCUT2D eigenvalue weighted by Gasteiger charge is -2.09. The van der Waals surface area contributed by atoms with Gasteiger partial charge in [0.25, 0.3) is 0 Å². The lowest BCUT2D eigenvalue weighted by molar-refractivity contribution is 0.0992. The van der Waals surface area contributed by atoms with Gasteiger partial charge in [-0.25, -0.2) is 4.21 Å². The number of Topliss-reactive ketones (excluding diaryl/α,β-unsaturated/α-hetero) is 1. The summed E-state index contributed by atoms with van der Waals surface area (Å²) in [5.74, 6) is 0.0314. The topological polar surface area (TPSA) is 34.1 Å². The minimum atomic E-state index is -1.29. The van der Waals surface area contributed by atoms with Crippen molar-refractivity contribution in [2.24, 2.45) is 0 Å². The number of carbonyl (C=O) groups excluding carboxylic acids is 1. The SMILES string of the molecule is Cc1ccc([S@](=O)c2ccccc2CC(=O)c2ccccc2)cc1. The summed E-state index contributed by atoms with van der Waals surface area (Å²) in [4.78, 5) is 13.9. The van der Waals surface area contributed by atoms with E-state index in [1.165, 1.54) is 0 Å². The van der Waals surface area contributed by atoms with Crippen molar-refractivity contribution in [3.05, 3.63) is 95.6 Å². The number of aryl methyl sites for hydroxylation is 1. The average molecular weight is 334 g/mol. The van der Waals surface area contributed by atoms with E-state index < -0.39 is 10.8 Å². The highest BCUT2D eigenvalue weighted by molar-refractivity contribution is 7.85. The molecule has 0 fully saturated rings. The van der Waals surface area contributed by atoms with E-state index in [0.29, 0.717) is 10.5 Å². The van der Waals surface area contributed by atoms with Crippen molar-refractivity contribution in [2.75, 3.05) is 0 Å². The lowest BCUT2D eigenvalue weighted by atomic mass is 10.0. The molecule has 3 aromatic carbocycles. The molecule has 0 radical (unpaired) electrons. The van der Waals surface area contributed by atoms with Gasteiger partial charge in [0.05, 0.1) is 10.8 Å². The number of rotatable bonds is 5. The molecule has 120 valence electrons. The number of hydrogen-bond acceptors (Lipinski definition) is 2. The van der Waals surface area contributed by atoms with Crippen molar-refractivity contribution in [2.45, 2.75) is 23.1 Å². The van der Waals surface area contributed by atoms with E-state index in [9.17, 15) is 9.00 Å².